The second-order valence-electron chi connectivity index (χ2n) is 7.66. The maximum absolute atomic E-state index is 12.2. The lowest BCUT2D eigenvalue weighted by Gasteiger charge is -2.56. The van der Waals surface area contributed by atoms with E-state index in [0.717, 1.165) is 30.5 Å². The van der Waals surface area contributed by atoms with Crippen LogP contribution >= 0.6 is 0 Å². The number of ether oxygens (including phenoxy) is 1. The van der Waals surface area contributed by atoms with Gasteiger partial charge < -0.3 is 19.8 Å². The van der Waals surface area contributed by atoms with Gasteiger partial charge in [0.05, 0.1) is 0 Å². The van der Waals surface area contributed by atoms with Crippen molar-refractivity contribution in [3.05, 3.63) is 34.9 Å². The molecule has 2 bridgehead atoms. The van der Waals surface area contributed by atoms with Crippen LogP contribution in [0.25, 0.3) is 0 Å². The molecule has 2 aliphatic carbocycles. The van der Waals surface area contributed by atoms with Gasteiger partial charge in [-0.25, -0.2) is 0 Å². The summed E-state index contributed by atoms with van der Waals surface area (Å²) >= 11 is 0. The Morgan fingerprint density at radius 2 is 2.21 bits per heavy atom. The van der Waals surface area contributed by atoms with E-state index in [-0.39, 0.29) is 35.0 Å². The number of ketones is 1. The quantitative estimate of drug-likeness (QED) is 0.603. The summed E-state index contributed by atoms with van der Waals surface area (Å²) < 4.78 is 6.11. The molecule has 5 atom stereocenters. The molecule has 126 valence electrons. The van der Waals surface area contributed by atoms with Crippen molar-refractivity contribution < 1.29 is 19.7 Å². The number of nitrogens with zero attached hydrogens (tertiary/aromatic N) is 1. The Morgan fingerprint density at radius 3 is 2.96 bits per heavy atom. The van der Waals surface area contributed by atoms with Crippen molar-refractivity contribution in [2.75, 3.05) is 13.6 Å². The fourth-order valence-corrected chi connectivity index (χ4v) is 5.64. The molecule has 5 heteroatoms. The Hall–Kier alpha value is -1.85. The molecule has 24 heavy (non-hydrogen) atoms. The summed E-state index contributed by atoms with van der Waals surface area (Å²) in [6, 6.07) is 1.83. The van der Waals surface area contributed by atoms with Crippen LogP contribution in [0.5, 0.6) is 11.5 Å². The van der Waals surface area contributed by atoms with Gasteiger partial charge in [0.1, 0.15) is 12.2 Å². The van der Waals surface area contributed by atoms with E-state index in [9.17, 15) is 15.0 Å². The number of Topliss-reactive ketones (excluding diaryl/α,β-unsaturated/α-hetero) is 1. The summed E-state index contributed by atoms with van der Waals surface area (Å²) in [5.41, 5.74) is 2.25. The molecule has 0 saturated carbocycles. The maximum atomic E-state index is 12.2. The van der Waals surface area contributed by atoms with E-state index in [2.05, 4.69) is 18.0 Å². The molecular weight excluding hydrogens is 306 g/mol. The van der Waals surface area contributed by atoms with Crippen LogP contribution in [0.3, 0.4) is 0 Å². The summed E-state index contributed by atoms with van der Waals surface area (Å²) in [6.07, 6.45) is 4.52. The monoisotopic (exact) mass is 327 g/mol. The summed E-state index contributed by atoms with van der Waals surface area (Å²) in [5, 5.41) is 21.0. The van der Waals surface area contributed by atoms with Gasteiger partial charge in [-0.1, -0.05) is 12.2 Å². The zero-order chi connectivity index (χ0) is 16.8. The normalized spacial score (nSPS) is 38.6. The van der Waals surface area contributed by atoms with E-state index in [1.54, 1.807) is 13.0 Å². The van der Waals surface area contributed by atoms with Gasteiger partial charge in [0.15, 0.2) is 17.3 Å². The van der Waals surface area contributed by atoms with Crippen molar-refractivity contribution in [2.24, 2.45) is 5.92 Å². The SMILES string of the molecule is CC(=O)c1cc(O)c2c3c1CC1C4C=CC(O)C(O2)C34CCN1C. The van der Waals surface area contributed by atoms with Crippen LogP contribution < -0.4 is 4.74 Å². The smallest absolute Gasteiger partial charge is 0.165 e. The number of phenols is 1. The summed E-state index contributed by atoms with van der Waals surface area (Å²) in [7, 11) is 2.13. The molecule has 1 aromatic carbocycles. The van der Waals surface area contributed by atoms with Gasteiger partial charge in [-0.2, -0.15) is 0 Å². The number of aromatic hydroxyl groups is 1. The van der Waals surface area contributed by atoms with Crippen LogP contribution in [0, 0.1) is 5.92 Å². The van der Waals surface area contributed by atoms with E-state index in [1.807, 2.05) is 6.08 Å². The summed E-state index contributed by atoms with van der Waals surface area (Å²) in [6.45, 7) is 2.47. The van der Waals surface area contributed by atoms with Crippen LogP contribution in [0.4, 0.5) is 0 Å². The summed E-state index contributed by atoms with van der Waals surface area (Å²) in [4.78, 5) is 14.5. The molecule has 1 fully saturated rings. The van der Waals surface area contributed by atoms with Crippen LogP contribution in [-0.4, -0.2) is 52.7 Å². The molecule has 1 spiro atoms. The second kappa shape index (κ2) is 4.41. The molecular formula is C19H21NO4. The third-order valence-corrected chi connectivity index (χ3v) is 6.66. The van der Waals surface area contributed by atoms with E-state index < -0.39 is 6.10 Å². The Balaban J connectivity index is 1.87. The number of phenolic OH excluding ortho intramolecular Hbond substituents is 1. The molecule has 5 rings (SSSR count). The van der Waals surface area contributed by atoms with Crippen molar-refractivity contribution in [1.82, 2.24) is 4.90 Å². The molecule has 2 N–H and O–H groups in total. The first kappa shape index (κ1) is 14.5. The molecule has 1 aromatic rings. The highest BCUT2D eigenvalue weighted by atomic mass is 16.5. The minimum atomic E-state index is -0.691. The Morgan fingerprint density at radius 1 is 1.42 bits per heavy atom. The number of carbonyl (C=O) groups excluding carboxylic acids is 1. The van der Waals surface area contributed by atoms with Crippen LogP contribution in [0.15, 0.2) is 18.2 Å². The first-order valence-corrected chi connectivity index (χ1v) is 8.58. The van der Waals surface area contributed by atoms with Gasteiger partial charge in [0.2, 0.25) is 0 Å². The van der Waals surface area contributed by atoms with Crippen LogP contribution in [0.2, 0.25) is 0 Å². The fourth-order valence-electron chi connectivity index (χ4n) is 5.64. The number of benzene rings is 1. The number of aliphatic hydroxyl groups excluding tert-OH is 1. The third-order valence-electron chi connectivity index (χ3n) is 6.66. The first-order chi connectivity index (χ1) is 11.4. The molecule has 2 heterocycles. The van der Waals surface area contributed by atoms with Gasteiger partial charge in [-0.15, -0.1) is 0 Å². The molecule has 0 radical (unpaired) electrons. The predicted octanol–water partition coefficient (Wildman–Crippen LogP) is 1.40. The third kappa shape index (κ3) is 1.46. The molecule has 1 saturated heterocycles. The topological polar surface area (TPSA) is 70.0 Å². The number of likely N-dealkylation sites (tertiary alicyclic amines) is 1. The number of piperidine rings is 1. The number of likely N-dealkylation sites (N-methyl/N-ethyl adjacent to an activating group) is 1. The number of carbonyl (C=O) groups is 1. The highest BCUT2D eigenvalue weighted by Crippen LogP contribution is 2.62. The number of aliphatic hydroxyl groups is 1. The molecule has 5 unspecified atom stereocenters. The van der Waals surface area contributed by atoms with Crippen molar-refractivity contribution in [3.8, 4) is 11.5 Å². The lowest BCUT2D eigenvalue weighted by atomic mass is 9.53. The predicted molar refractivity (Wildman–Crippen MR) is 87.6 cm³/mol. The van der Waals surface area contributed by atoms with Gasteiger partial charge in [-0.3, -0.25) is 4.79 Å². The zero-order valence-electron chi connectivity index (χ0n) is 13.8. The Bertz CT molecular complexity index is 801. The standard InChI is InChI=1S/C19H21NO4/c1-9(21)10-8-15(23)17-16-11(10)7-13-12-3-4-14(22)18(24-17)19(12,16)5-6-20(13)2/h3-4,8,12-14,18,22-23H,5-7H2,1-2H3. The fraction of sp³-hybridized carbons (Fsp3) is 0.526. The van der Waals surface area contributed by atoms with Gasteiger partial charge in [0.25, 0.3) is 0 Å². The minimum Gasteiger partial charge on any atom is -0.504 e. The average molecular weight is 327 g/mol. The zero-order valence-corrected chi connectivity index (χ0v) is 13.8. The van der Waals surface area contributed by atoms with Crippen LogP contribution in [-0.2, 0) is 11.8 Å². The number of rotatable bonds is 1. The molecule has 0 amide bonds. The van der Waals surface area contributed by atoms with Crippen molar-refractivity contribution >= 4 is 5.78 Å². The van der Waals surface area contributed by atoms with Crippen molar-refractivity contribution in [3.63, 3.8) is 0 Å². The minimum absolute atomic E-state index is 0.0195. The van der Waals surface area contributed by atoms with E-state index in [1.165, 1.54) is 0 Å². The first-order valence-electron chi connectivity index (χ1n) is 8.58. The average Bonchev–Trinajstić information content (AvgIpc) is 2.89. The van der Waals surface area contributed by atoms with E-state index >= 15 is 0 Å². The highest BCUT2D eigenvalue weighted by Gasteiger charge is 2.64. The summed E-state index contributed by atoms with van der Waals surface area (Å²) in [5.74, 6) is 0.704. The lowest BCUT2D eigenvalue weighted by Crippen LogP contribution is -2.64. The van der Waals surface area contributed by atoms with Crippen LogP contribution in [0.1, 0.15) is 34.8 Å². The maximum Gasteiger partial charge on any atom is 0.165 e. The highest BCUT2D eigenvalue weighted by molar-refractivity contribution is 5.97. The van der Waals surface area contributed by atoms with Gasteiger partial charge >= 0.3 is 0 Å². The van der Waals surface area contributed by atoms with E-state index in [0.29, 0.717) is 11.3 Å². The Labute approximate surface area is 140 Å². The van der Waals surface area contributed by atoms with Gasteiger partial charge in [0, 0.05) is 28.5 Å². The van der Waals surface area contributed by atoms with Crippen molar-refractivity contribution in [2.45, 2.75) is 43.4 Å². The molecule has 0 aromatic heterocycles. The molecule has 2 aliphatic heterocycles. The van der Waals surface area contributed by atoms with Crippen molar-refractivity contribution in [1.29, 1.82) is 0 Å². The number of hydrogen-bond acceptors (Lipinski definition) is 5. The molecule has 4 aliphatic rings. The van der Waals surface area contributed by atoms with E-state index in [4.69, 9.17) is 4.74 Å². The second-order valence-corrected chi connectivity index (χ2v) is 7.66. The Kier molecular flexibility index (Phi) is 2.66. The van der Waals surface area contributed by atoms with Gasteiger partial charge in [-0.05, 0) is 45.0 Å². The number of hydrogen-bond donors (Lipinski definition) is 2. The lowest BCUT2D eigenvalue weighted by molar-refractivity contribution is -0.0453. The molecule has 5 nitrogen and oxygen atoms in total. The largest absolute Gasteiger partial charge is 0.504 e.